The zero-order chi connectivity index (χ0) is 19.8. The van der Waals surface area contributed by atoms with Crippen LogP contribution in [0, 0.1) is 0 Å². The molecule has 1 amide bonds. The summed E-state index contributed by atoms with van der Waals surface area (Å²) in [7, 11) is 1.61. The number of rotatable bonds is 9. The van der Waals surface area contributed by atoms with Crippen molar-refractivity contribution in [3.63, 3.8) is 0 Å². The van der Waals surface area contributed by atoms with Crippen LogP contribution in [-0.2, 0) is 17.8 Å². The van der Waals surface area contributed by atoms with Gasteiger partial charge in [-0.2, -0.15) is 0 Å². The van der Waals surface area contributed by atoms with E-state index in [1.807, 2.05) is 22.8 Å². The Hall–Kier alpha value is -3.06. The number of thioether (sulfide) groups is 1. The van der Waals surface area contributed by atoms with Gasteiger partial charge in [-0.15, -0.1) is 16.8 Å². The molecule has 1 heterocycles. The molecule has 0 spiro atoms. The van der Waals surface area contributed by atoms with Crippen LogP contribution < -0.4 is 10.1 Å². The van der Waals surface area contributed by atoms with Gasteiger partial charge in [0.2, 0.25) is 5.91 Å². The number of anilines is 1. The number of nitrogens with zero attached hydrogens (tertiary/aromatic N) is 3. The number of ether oxygens (including phenoxy) is 1. The molecule has 0 aliphatic rings. The predicted octanol–water partition coefficient (Wildman–Crippen LogP) is 3.79. The molecular weight excluding hydrogens is 372 g/mol. The van der Waals surface area contributed by atoms with E-state index in [9.17, 15) is 4.79 Å². The average Bonchev–Trinajstić information content (AvgIpc) is 3.09. The van der Waals surface area contributed by atoms with Gasteiger partial charge in [-0.05, 0) is 29.8 Å². The Kier molecular flexibility index (Phi) is 6.86. The fourth-order valence-corrected chi connectivity index (χ4v) is 3.42. The van der Waals surface area contributed by atoms with E-state index in [0.717, 1.165) is 22.8 Å². The Bertz CT molecular complexity index is 923. The van der Waals surface area contributed by atoms with Crippen molar-refractivity contribution in [2.24, 2.45) is 0 Å². The minimum Gasteiger partial charge on any atom is -0.497 e. The van der Waals surface area contributed by atoms with E-state index in [1.165, 1.54) is 11.8 Å². The summed E-state index contributed by atoms with van der Waals surface area (Å²) in [6, 6.07) is 17.3. The first-order valence-corrected chi connectivity index (χ1v) is 9.81. The third-order valence-electron chi connectivity index (χ3n) is 4.02. The van der Waals surface area contributed by atoms with Crippen molar-refractivity contribution in [2.75, 3.05) is 18.2 Å². The molecule has 0 aliphatic carbocycles. The fourth-order valence-electron chi connectivity index (χ4n) is 2.65. The van der Waals surface area contributed by atoms with Crippen LogP contribution in [-0.4, -0.2) is 33.5 Å². The van der Waals surface area contributed by atoms with Gasteiger partial charge in [0.25, 0.3) is 0 Å². The molecule has 0 unspecified atom stereocenters. The minimum atomic E-state index is -0.104. The highest BCUT2D eigenvalue weighted by molar-refractivity contribution is 7.99. The first-order chi connectivity index (χ1) is 13.7. The molecule has 144 valence electrons. The summed E-state index contributed by atoms with van der Waals surface area (Å²) in [6.07, 6.45) is 2.49. The zero-order valence-electron chi connectivity index (χ0n) is 15.7. The van der Waals surface area contributed by atoms with Crippen LogP contribution >= 0.6 is 11.8 Å². The number of nitrogens with one attached hydrogen (secondary N) is 1. The second-order valence-electron chi connectivity index (χ2n) is 6.03. The van der Waals surface area contributed by atoms with Crippen molar-refractivity contribution in [2.45, 2.75) is 18.1 Å². The van der Waals surface area contributed by atoms with E-state index < -0.39 is 0 Å². The topological polar surface area (TPSA) is 69.0 Å². The molecule has 3 rings (SSSR count). The van der Waals surface area contributed by atoms with E-state index in [4.69, 9.17) is 4.74 Å². The maximum atomic E-state index is 12.3. The van der Waals surface area contributed by atoms with Gasteiger partial charge in [-0.25, -0.2) is 0 Å². The second-order valence-corrected chi connectivity index (χ2v) is 6.97. The third-order valence-corrected chi connectivity index (χ3v) is 4.98. The monoisotopic (exact) mass is 394 g/mol. The molecule has 0 atom stereocenters. The molecule has 0 radical (unpaired) electrons. The summed E-state index contributed by atoms with van der Waals surface area (Å²) in [5, 5.41) is 12.1. The number of hydrogen-bond acceptors (Lipinski definition) is 5. The van der Waals surface area contributed by atoms with Crippen LogP contribution in [0.25, 0.3) is 0 Å². The van der Waals surface area contributed by atoms with Gasteiger partial charge in [0.1, 0.15) is 11.6 Å². The molecule has 7 heteroatoms. The Morgan fingerprint density at radius 2 is 1.93 bits per heavy atom. The second kappa shape index (κ2) is 9.75. The standard InChI is InChI=1S/C21H22N4O2S/c1-3-13-25-19(14-16-7-5-4-6-8-16)23-24-21(25)28-15-20(26)22-17-9-11-18(27-2)12-10-17/h3-12H,1,13-15H2,2H3,(H,22,26). The number of carbonyl (C=O) groups excluding carboxylic acids is 1. The van der Waals surface area contributed by atoms with Crippen LogP contribution in [0.3, 0.4) is 0 Å². The Morgan fingerprint density at radius 3 is 2.61 bits per heavy atom. The summed E-state index contributed by atoms with van der Waals surface area (Å²) < 4.78 is 7.11. The van der Waals surface area contributed by atoms with Crippen molar-refractivity contribution in [1.82, 2.24) is 14.8 Å². The van der Waals surface area contributed by atoms with Gasteiger partial charge in [-0.1, -0.05) is 48.2 Å². The highest BCUT2D eigenvalue weighted by atomic mass is 32.2. The maximum absolute atomic E-state index is 12.3. The van der Waals surface area contributed by atoms with E-state index in [1.54, 1.807) is 37.5 Å². The van der Waals surface area contributed by atoms with Gasteiger partial charge in [0, 0.05) is 18.7 Å². The molecule has 1 N–H and O–H groups in total. The largest absolute Gasteiger partial charge is 0.497 e. The van der Waals surface area contributed by atoms with Gasteiger partial charge in [-0.3, -0.25) is 4.79 Å². The van der Waals surface area contributed by atoms with Crippen LogP contribution in [0.5, 0.6) is 5.75 Å². The van der Waals surface area contributed by atoms with E-state index in [2.05, 4.69) is 34.2 Å². The number of allylic oxidation sites excluding steroid dienone is 1. The predicted molar refractivity (Wildman–Crippen MR) is 112 cm³/mol. The Morgan fingerprint density at radius 1 is 1.18 bits per heavy atom. The summed E-state index contributed by atoms with van der Waals surface area (Å²) in [5.41, 5.74) is 1.89. The molecule has 2 aromatic carbocycles. The van der Waals surface area contributed by atoms with Crippen LogP contribution in [0.1, 0.15) is 11.4 Å². The van der Waals surface area contributed by atoms with Gasteiger partial charge in [0.15, 0.2) is 5.16 Å². The SMILES string of the molecule is C=CCn1c(Cc2ccccc2)nnc1SCC(=O)Nc1ccc(OC)cc1. The number of carbonyl (C=O) groups is 1. The van der Waals surface area contributed by atoms with Crippen molar-refractivity contribution >= 4 is 23.4 Å². The molecule has 0 saturated carbocycles. The lowest BCUT2D eigenvalue weighted by Gasteiger charge is -2.08. The van der Waals surface area contributed by atoms with Crippen molar-refractivity contribution in [3.8, 4) is 5.75 Å². The lowest BCUT2D eigenvalue weighted by atomic mass is 10.1. The lowest BCUT2D eigenvalue weighted by molar-refractivity contribution is -0.113. The van der Waals surface area contributed by atoms with Gasteiger partial charge < -0.3 is 14.6 Å². The van der Waals surface area contributed by atoms with Crippen LogP contribution in [0.2, 0.25) is 0 Å². The van der Waals surface area contributed by atoms with E-state index in [0.29, 0.717) is 18.1 Å². The first kappa shape index (κ1) is 19.7. The maximum Gasteiger partial charge on any atom is 0.234 e. The molecular formula is C21H22N4O2S. The third kappa shape index (κ3) is 5.23. The smallest absolute Gasteiger partial charge is 0.234 e. The number of aromatic nitrogens is 3. The fraction of sp³-hybridized carbons (Fsp3) is 0.190. The van der Waals surface area contributed by atoms with Crippen molar-refractivity contribution < 1.29 is 9.53 Å². The molecule has 0 aliphatic heterocycles. The molecule has 0 fully saturated rings. The highest BCUT2D eigenvalue weighted by Crippen LogP contribution is 2.20. The number of hydrogen-bond donors (Lipinski definition) is 1. The zero-order valence-corrected chi connectivity index (χ0v) is 16.5. The van der Waals surface area contributed by atoms with E-state index in [-0.39, 0.29) is 11.7 Å². The molecule has 0 bridgehead atoms. The summed E-state index contributed by atoms with van der Waals surface area (Å²) in [5.74, 6) is 1.74. The molecule has 0 saturated heterocycles. The minimum absolute atomic E-state index is 0.104. The Balaban J connectivity index is 1.62. The van der Waals surface area contributed by atoms with Gasteiger partial charge >= 0.3 is 0 Å². The quantitative estimate of drug-likeness (QED) is 0.442. The Labute approximate surface area is 168 Å². The molecule has 3 aromatic rings. The molecule has 1 aromatic heterocycles. The molecule has 6 nitrogen and oxygen atoms in total. The number of benzene rings is 2. The summed E-state index contributed by atoms with van der Waals surface area (Å²) in [4.78, 5) is 12.3. The van der Waals surface area contributed by atoms with Crippen LogP contribution in [0.4, 0.5) is 5.69 Å². The van der Waals surface area contributed by atoms with Gasteiger partial charge in [0.05, 0.1) is 12.9 Å². The number of amides is 1. The first-order valence-electron chi connectivity index (χ1n) is 8.83. The highest BCUT2D eigenvalue weighted by Gasteiger charge is 2.14. The number of methoxy groups -OCH3 is 1. The normalized spacial score (nSPS) is 10.5. The summed E-state index contributed by atoms with van der Waals surface area (Å²) in [6.45, 7) is 4.41. The van der Waals surface area contributed by atoms with Crippen molar-refractivity contribution in [3.05, 3.63) is 78.6 Å². The van der Waals surface area contributed by atoms with Crippen molar-refractivity contribution in [1.29, 1.82) is 0 Å². The molecule has 28 heavy (non-hydrogen) atoms. The van der Waals surface area contributed by atoms with E-state index >= 15 is 0 Å². The average molecular weight is 395 g/mol. The van der Waals surface area contributed by atoms with Crippen LogP contribution in [0.15, 0.2) is 72.4 Å². The lowest BCUT2D eigenvalue weighted by Crippen LogP contribution is -2.14. The summed E-state index contributed by atoms with van der Waals surface area (Å²) >= 11 is 1.36.